The van der Waals surface area contributed by atoms with Crippen LogP contribution in [0.3, 0.4) is 0 Å². The Kier molecular flexibility index (Phi) is 4.57. The van der Waals surface area contributed by atoms with Crippen LogP contribution in [-0.2, 0) is 16.2 Å². The second-order valence-corrected chi connectivity index (χ2v) is 10.7. The number of nitrogens with two attached hydrogens (primary N) is 1. The molecule has 0 amide bonds. The lowest BCUT2D eigenvalue weighted by Gasteiger charge is -2.43. The van der Waals surface area contributed by atoms with Gasteiger partial charge in [0.05, 0.1) is 28.3 Å². The molecular weight excluding hydrogens is 476 g/mol. The Morgan fingerprint density at radius 1 is 1.26 bits per heavy atom. The summed E-state index contributed by atoms with van der Waals surface area (Å²) in [5, 5.41) is 9.31. The number of nitrogen functional groups attached to an aromatic ring is 1. The van der Waals surface area contributed by atoms with E-state index >= 15 is 0 Å². The van der Waals surface area contributed by atoms with Crippen molar-refractivity contribution in [2.75, 3.05) is 5.73 Å². The van der Waals surface area contributed by atoms with Crippen molar-refractivity contribution in [3.8, 4) is 17.3 Å². The van der Waals surface area contributed by atoms with E-state index in [4.69, 9.17) is 5.73 Å². The third-order valence-electron chi connectivity index (χ3n) is 6.74. The second kappa shape index (κ2) is 6.89. The van der Waals surface area contributed by atoms with Crippen LogP contribution in [0.15, 0.2) is 29.4 Å². The van der Waals surface area contributed by atoms with Crippen LogP contribution in [0.5, 0.6) is 0 Å². The van der Waals surface area contributed by atoms with Gasteiger partial charge in [0.2, 0.25) is 10.0 Å². The first kappa shape index (κ1) is 22.5. The van der Waals surface area contributed by atoms with Crippen LogP contribution in [0.25, 0.3) is 16.9 Å². The molecule has 3 aliphatic rings. The van der Waals surface area contributed by atoms with E-state index in [-0.39, 0.29) is 27.4 Å². The molecule has 178 valence electrons. The number of benzene rings is 1. The standard InChI is InChI=1S/C21H18F4N6O2S/c1-11-13(15-6-28-18-17(27)29-16(7-31(15)18)21(23,24)25)4-12(5-14(11)22)34(32,33)30-20-3-2-19(8-20,9-20)10-26/h4-7,30H,2-3,8-9H2,1H3,(H2,27,29). The Bertz CT molecular complexity index is 1500. The number of alkyl halides is 3. The van der Waals surface area contributed by atoms with E-state index < -0.39 is 44.5 Å². The number of imidazole rings is 1. The van der Waals surface area contributed by atoms with Crippen molar-refractivity contribution in [2.45, 2.75) is 49.2 Å². The van der Waals surface area contributed by atoms with E-state index in [1.807, 2.05) is 0 Å². The fraction of sp³-hybridized carbons (Fsp3) is 0.381. The van der Waals surface area contributed by atoms with Crippen molar-refractivity contribution in [2.24, 2.45) is 5.41 Å². The molecule has 2 heterocycles. The predicted octanol–water partition coefficient (Wildman–Crippen LogP) is 3.56. The maximum atomic E-state index is 14.9. The van der Waals surface area contributed by atoms with Crippen LogP contribution in [-0.4, -0.2) is 28.3 Å². The second-order valence-electron chi connectivity index (χ2n) is 9.06. The molecule has 0 radical (unpaired) electrons. The minimum absolute atomic E-state index is 0.0224. The maximum Gasteiger partial charge on any atom is 0.434 e. The van der Waals surface area contributed by atoms with Crippen LogP contribution >= 0.6 is 0 Å². The van der Waals surface area contributed by atoms with Crippen molar-refractivity contribution >= 4 is 21.5 Å². The highest BCUT2D eigenvalue weighted by atomic mass is 32.2. The summed E-state index contributed by atoms with van der Waals surface area (Å²) < 4.78 is 84.6. The van der Waals surface area contributed by atoms with Gasteiger partial charge in [-0.2, -0.15) is 18.4 Å². The zero-order chi connectivity index (χ0) is 24.7. The lowest BCUT2D eigenvalue weighted by molar-refractivity contribution is -0.141. The molecule has 0 unspecified atom stereocenters. The molecule has 3 N–H and O–H groups in total. The van der Waals surface area contributed by atoms with E-state index in [0.29, 0.717) is 31.9 Å². The number of anilines is 1. The van der Waals surface area contributed by atoms with Crippen LogP contribution in [0.1, 0.15) is 36.9 Å². The van der Waals surface area contributed by atoms with Gasteiger partial charge >= 0.3 is 6.18 Å². The quantitative estimate of drug-likeness (QED) is 0.534. The van der Waals surface area contributed by atoms with Gasteiger partial charge in [-0.1, -0.05) is 0 Å². The minimum Gasteiger partial charge on any atom is -0.381 e. The van der Waals surface area contributed by atoms with Gasteiger partial charge in [-0.25, -0.2) is 27.5 Å². The Morgan fingerprint density at radius 2 is 1.97 bits per heavy atom. The first-order valence-corrected chi connectivity index (χ1v) is 11.7. The number of hydrogen-bond acceptors (Lipinski definition) is 6. The Hall–Kier alpha value is -3.24. The number of nitrogens with one attached hydrogen (secondary N) is 1. The number of sulfonamides is 1. The van der Waals surface area contributed by atoms with E-state index in [1.54, 1.807) is 0 Å². The average Bonchev–Trinajstić information content (AvgIpc) is 3.40. The number of fused-ring (bicyclic) bond motifs is 2. The topological polar surface area (TPSA) is 126 Å². The average molecular weight is 494 g/mol. The molecule has 3 saturated carbocycles. The molecule has 0 spiro atoms. The van der Waals surface area contributed by atoms with E-state index in [1.165, 1.54) is 19.2 Å². The molecule has 0 atom stereocenters. The molecule has 6 rings (SSSR count). The van der Waals surface area contributed by atoms with Crippen molar-refractivity contribution in [1.82, 2.24) is 19.1 Å². The Morgan fingerprint density at radius 3 is 2.59 bits per heavy atom. The monoisotopic (exact) mass is 494 g/mol. The highest BCUT2D eigenvalue weighted by Crippen LogP contribution is 2.61. The lowest BCUT2D eigenvalue weighted by Crippen LogP contribution is -2.55. The van der Waals surface area contributed by atoms with E-state index in [2.05, 4.69) is 20.8 Å². The number of halogens is 4. The summed E-state index contributed by atoms with van der Waals surface area (Å²) in [6.07, 6.45) is -1.08. The normalized spacial score (nSPS) is 24.2. The number of rotatable bonds is 4. The van der Waals surface area contributed by atoms with Gasteiger partial charge < -0.3 is 5.73 Å². The van der Waals surface area contributed by atoms with Gasteiger partial charge in [-0.15, -0.1) is 0 Å². The smallest absolute Gasteiger partial charge is 0.381 e. The third kappa shape index (κ3) is 3.32. The number of nitrogens with zero attached hydrogens (tertiary/aromatic N) is 4. The van der Waals surface area contributed by atoms with Crippen molar-refractivity contribution < 1.29 is 26.0 Å². The highest BCUT2D eigenvalue weighted by molar-refractivity contribution is 7.89. The molecule has 3 aliphatic carbocycles. The Labute approximate surface area is 191 Å². The van der Waals surface area contributed by atoms with Crippen LogP contribution in [0.2, 0.25) is 0 Å². The van der Waals surface area contributed by atoms with Crippen molar-refractivity contribution in [3.63, 3.8) is 0 Å². The zero-order valence-electron chi connectivity index (χ0n) is 17.7. The summed E-state index contributed by atoms with van der Waals surface area (Å²) in [7, 11) is -4.19. The molecule has 13 heteroatoms. The molecule has 0 saturated heterocycles. The van der Waals surface area contributed by atoms with Crippen LogP contribution in [0.4, 0.5) is 23.4 Å². The molecule has 3 aromatic rings. The summed E-state index contributed by atoms with van der Waals surface area (Å²) in [6.45, 7) is 1.38. The van der Waals surface area contributed by atoms with Crippen molar-refractivity contribution in [1.29, 1.82) is 5.26 Å². The summed E-state index contributed by atoms with van der Waals surface area (Å²) >= 11 is 0. The summed E-state index contributed by atoms with van der Waals surface area (Å²) in [5.41, 5.74) is 3.11. The summed E-state index contributed by atoms with van der Waals surface area (Å²) in [6, 6.07) is 4.29. The molecule has 0 aliphatic heterocycles. The number of hydrogen-bond donors (Lipinski definition) is 2. The first-order valence-electron chi connectivity index (χ1n) is 10.2. The SMILES string of the molecule is Cc1c(F)cc(S(=O)(=O)NC23CCC(C#N)(C2)C3)cc1-c1cnc2c(N)nc(C(F)(F)F)cn12. The summed E-state index contributed by atoms with van der Waals surface area (Å²) in [4.78, 5) is 6.93. The lowest BCUT2D eigenvalue weighted by atomic mass is 9.66. The number of nitriles is 1. The van der Waals surface area contributed by atoms with Gasteiger partial charge in [0.25, 0.3) is 0 Å². The van der Waals surface area contributed by atoms with Gasteiger partial charge in [-0.3, -0.25) is 4.40 Å². The number of aromatic nitrogens is 3. The Balaban J connectivity index is 1.60. The molecule has 8 nitrogen and oxygen atoms in total. The predicted molar refractivity (Wildman–Crippen MR) is 112 cm³/mol. The van der Waals surface area contributed by atoms with Gasteiger partial charge in [0.1, 0.15) is 5.82 Å². The molecule has 34 heavy (non-hydrogen) atoms. The van der Waals surface area contributed by atoms with Gasteiger partial charge in [0, 0.05) is 17.3 Å². The first-order chi connectivity index (χ1) is 15.8. The van der Waals surface area contributed by atoms with Gasteiger partial charge in [0.15, 0.2) is 17.2 Å². The third-order valence-corrected chi connectivity index (χ3v) is 8.29. The minimum atomic E-state index is -4.79. The molecule has 2 aromatic heterocycles. The van der Waals surface area contributed by atoms with E-state index in [0.717, 1.165) is 10.5 Å². The van der Waals surface area contributed by atoms with Crippen LogP contribution < -0.4 is 10.5 Å². The van der Waals surface area contributed by atoms with Gasteiger partial charge in [-0.05, 0) is 50.3 Å². The molecule has 3 fully saturated rings. The van der Waals surface area contributed by atoms with Crippen LogP contribution in [0, 0.1) is 29.5 Å². The van der Waals surface area contributed by atoms with Crippen molar-refractivity contribution in [3.05, 3.63) is 41.6 Å². The maximum absolute atomic E-state index is 14.9. The fourth-order valence-electron chi connectivity index (χ4n) is 5.10. The largest absolute Gasteiger partial charge is 0.434 e. The molecular formula is C21H18F4N6O2S. The summed E-state index contributed by atoms with van der Waals surface area (Å²) in [5.74, 6) is -1.33. The molecule has 1 aromatic carbocycles. The molecule has 2 bridgehead atoms. The van der Waals surface area contributed by atoms with E-state index in [9.17, 15) is 31.2 Å². The fourth-order valence-corrected chi connectivity index (χ4v) is 6.57. The highest BCUT2D eigenvalue weighted by Gasteiger charge is 2.62. The zero-order valence-corrected chi connectivity index (χ0v) is 18.6.